The summed E-state index contributed by atoms with van der Waals surface area (Å²) in [6.45, 7) is 1.92. The molecule has 1 atom stereocenters. The number of carbonyl (C=O) groups excluding carboxylic acids is 1. The fourth-order valence-corrected chi connectivity index (χ4v) is 4.11. The zero-order valence-corrected chi connectivity index (χ0v) is 19.1. The van der Waals surface area contributed by atoms with Gasteiger partial charge in [-0.2, -0.15) is 4.98 Å². The molecule has 5 rings (SSSR count). The normalized spacial score (nSPS) is 16.1. The third-order valence-electron chi connectivity index (χ3n) is 5.91. The van der Waals surface area contributed by atoms with E-state index in [4.69, 9.17) is 9.26 Å². The molecule has 0 spiro atoms. The highest BCUT2D eigenvalue weighted by atomic mass is 19.1. The monoisotopic (exact) mass is 472 g/mol. The molecule has 1 aromatic heterocycles. The van der Waals surface area contributed by atoms with E-state index in [-0.39, 0.29) is 17.6 Å². The van der Waals surface area contributed by atoms with Crippen LogP contribution in [0.25, 0.3) is 11.4 Å². The number of nitrogens with zero attached hydrogens (tertiary/aromatic N) is 3. The quantitative estimate of drug-likeness (QED) is 0.382. The molecule has 1 unspecified atom stereocenters. The first-order valence-corrected chi connectivity index (χ1v) is 11.6. The fourth-order valence-electron chi connectivity index (χ4n) is 4.11. The van der Waals surface area contributed by atoms with E-state index in [9.17, 15) is 9.18 Å². The second-order valence-electron chi connectivity index (χ2n) is 8.52. The van der Waals surface area contributed by atoms with Gasteiger partial charge in [-0.15, -0.1) is 0 Å². The second kappa shape index (κ2) is 10.5. The molecule has 0 radical (unpaired) electrons. The average molecular weight is 473 g/mol. The van der Waals surface area contributed by atoms with E-state index in [0.717, 1.165) is 30.8 Å². The molecule has 7 nitrogen and oxygen atoms in total. The first kappa shape index (κ1) is 22.7. The molecule has 3 aromatic carbocycles. The summed E-state index contributed by atoms with van der Waals surface area (Å²) in [6.07, 6.45) is 1.73. The van der Waals surface area contributed by atoms with Crippen LogP contribution in [0.2, 0.25) is 0 Å². The lowest BCUT2D eigenvalue weighted by molar-refractivity contribution is -0.121. The Morgan fingerprint density at radius 2 is 1.77 bits per heavy atom. The van der Waals surface area contributed by atoms with Crippen LogP contribution in [0.1, 0.15) is 18.7 Å². The van der Waals surface area contributed by atoms with Gasteiger partial charge < -0.3 is 14.6 Å². The van der Waals surface area contributed by atoms with E-state index in [1.165, 1.54) is 12.1 Å². The van der Waals surface area contributed by atoms with Crippen molar-refractivity contribution in [3.63, 3.8) is 0 Å². The Balaban J connectivity index is 1.15. The molecule has 4 aromatic rings. The summed E-state index contributed by atoms with van der Waals surface area (Å²) in [5.74, 6) is 1.90. The fraction of sp³-hybridized carbons (Fsp3) is 0.222. The number of carbonyl (C=O) groups is 1. The van der Waals surface area contributed by atoms with Gasteiger partial charge in [0.1, 0.15) is 17.3 Å². The number of ether oxygens (including phenoxy) is 1. The van der Waals surface area contributed by atoms with Gasteiger partial charge in [-0.25, -0.2) is 4.39 Å². The van der Waals surface area contributed by atoms with Crippen LogP contribution in [0, 0.1) is 11.7 Å². The minimum atomic E-state index is -0.313. The van der Waals surface area contributed by atoms with Crippen LogP contribution in [0.5, 0.6) is 11.5 Å². The Labute approximate surface area is 202 Å². The van der Waals surface area contributed by atoms with Crippen LogP contribution in [0.3, 0.4) is 0 Å². The summed E-state index contributed by atoms with van der Waals surface area (Å²) in [7, 11) is 0. The first-order valence-electron chi connectivity index (χ1n) is 11.6. The molecule has 1 saturated heterocycles. The lowest BCUT2D eigenvalue weighted by Gasteiger charge is -2.30. The molecule has 35 heavy (non-hydrogen) atoms. The van der Waals surface area contributed by atoms with E-state index in [0.29, 0.717) is 36.1 Å². The second-order valence-corrected chi connectivity index (χ2v) is 8.52. The third kappa shape index (κ3) is 5.91. The van der Waals surface area contributed by atoms with E-state index >= 15 is 0 Å². The van der Waals surface area contributed by atoms with Crippen molar-refractivity contribution in [3.05, 3.63) is 90.6 Å². The SMILES string of the molecule is O=C(Nc1ccc(Oc2ccccc2)cc1)C1CCCN(Cc2nc(-c3ccc(F)cc3)no2)C1. The van der Waals surface area contributed by atoms with Gasteiger partial charge >= 0.3 is 0 Å². The van der Waals surface area contributed by atoms with Gasteiger partial charge in [0.2, 0.25) is 17.6 Å². The van der Waals surface area contributed by atoms with Crippen LogP contribution >= 0.6 is 0 Å². The number of rotatable bonds is 7. The minimum absolute atomic E-state index is 0.0102. The number of aromatic nitrogens is 2. The molecular formula is C27H25FN4O3. The Morgan fingerprint density at radius 3 is 2.54 bits per heavy atom. The molecule has 178 valence electrons. The molecule has 1 aliphatic heterocycles. The minimum Gasteiger partial charge on any atom is -0.457 e. The van der Waals surface area contributed by atoms with Crippen molar-refractivity contribution in [2.75, 3.05) is 18.4 Å². The zero-order chi connectivity index (χ0) is 24.0. The maximum absolute atomic E-state index is 13.1. The molecular weight excluding hydrogens is 447 g/mol. The number of amides is 1. The van der Waals surface area contributed by atoms with Crippen molar-refractivity contribution in [2.24, 2.45) is 5.92 Å². The van der Waals surface area contributed by atoms with Crippen LogP contribution < -0.4 is 10.1 Å². The molecule has 0 aliphatic carbocycles. The highest BCUT2D eigenvalue weighted by Crippen LogP contribution is 2.25. The Hall–Kier alpha value is -4.04. The van der Waals surface area contributed by atoms with Crippen molar-refractivity contribution >= 4 is 11.6 Å². The van der Waals surface area contributed by atoms with Gasteiger partial charge in [0.15, 0.2) is 0 Å². The molecule has 1 aliphatic rings. The van der Waals surface area contributed by atoms with Crippen LogP contribution in [0.4, 0.5) is 10.1 Å². The number of para-hydroxylation sites is 1. The molecule has 2 heterocycles. The van der Waals surface area contributed by atoms with E-state index < -0.39 is 0 Å². The molecule has 1 fully saturated rings. The van der Waals surface area contributed by atoms with Gasteiger partial charge in [-0.3, -0.25) is 9.69 Å². The number of anilines is 1. The Morgan fingerprint density at radius 1 is 1.03 bits per heavy atom. The van der Waals surface area contributed by atoms with Gasteiger partial charge in [-0.05, 0) is 80.1 Å². The summed E-state index contributed by atoms with van der Waals surface area (Å²) in [5.41, 5.74) is 1.42. The van der Waals surface area contributed by atoms with Gasteiger partial charge in [0.25, 0.3) is 0 Å². The lowest BCUT2D eigenvalue weighted by atomic mass is 9.97. The molecule has 0 saturated carbocycles. The maximum Gasteiger partial charge on any atom is 0.241 e. The molecule has 1 N–H and O–H groups in total. The topological polar surface area (TPSA) is 80.5 Å². The van der Waals surface area contributed by atoms with E-state index in [1.807, 2.05) is 54.6 Å². The molecule has 8 heteroatoms. The third-order valence-corrected chi connectivity index (χ3v) is 5.91. The highest BCUT2D eigenvalue weighted by Gasteiger charge is 2.27. The van der Waals surface area contributed by atoms with E-state index in [1.54, 1.807) is 12.1 Å². The largest absolute Gasteiger partial charge is 0.457 e. The van der Waals surface area contributed by atoms with Crippen molar-refractivity contribution in [1.82, 2.24) is 15.0 Å². The van der Waals surface area contributed by atoms with Gasteiger partial charge in [0.05, 0.1) is 12.5 Å². The Bertz CT molecular complexity index is 1260. The highest BCUT2D eigenvalue weighted by molar-refractivity contribution is 5.92. The van der Waals surface area contributed by atoms with Crippen molar-refractivity contribution in [2.45, 2.75) is 19.4 Å². The first-order chi connectivity index (χ1) is 17.1. The number of hydrogen-bond acceptors (Lipinski definition) is 6. The predicted molar refractivity (Wildman–Crippen MR) is 129 cm³/mol. The summed E-state index contributed by atoms with van der Waals surface area (Å²) in [6, 6.07) is 22.9. The standard InChI is InChI=1S/C27H25FN4O3/c28-21-10-8-19(9-11-21)26-30-25(35-31-26)18-32-16-4-5-20(17-32)27(33)29-22-12-14-24(15-13-22)34-23-6-2-1-3-7-23/h1-3,6-15,20H,4-5,16-18H2,(H,29,33). The van der Waals surface area contributed by atoms with Crippen molar-refractivity contribution in [1.29, 1.82) is 0 Å². The van der Waals surface area contributed by atoms with Gasteiger partial charge in [0, 0.05) is 17.8 Å². The van der Waals surface area contributed by atoms with E-state index in [2.05, 4.69) is 20.4 Å². The molecule has 1 amide bonds. The van der Waals surface area contributed by atoms with Gasteiger partial charge in [-0.1, -0.05) is 23.4 Å². The number of hydrogen-bond donors (Lipinski definition) is 1. The summed E-state index contributed by atoms with van der Waals surface area (Å²) in [5, 5.41) is 7.01. The number of nitrogens with one attached hydrogen (secondary N) is 1. The zero-order valence-electron chi connectivity index (χ0n) is 19.1. The van der Waals surface area contributed by atoms with Crippen LogP contribution in [-0.4, -0.2) is 34.0 Å². The number of likely N-dealkylation sites (tertiary alicyclic amines) is 1. The maximum atomic E-state index is 13.1. The van der Waals surface area contributed by atoms with Crippen LogP contribution in [0.15, 0.2) is 83.4 Å². The Kier molecular flexibility index (Phi) is 6.81. The number of piperidine rings is 1. The average Bonchev–Trinajstić information content (AvgIpc) is 3.35. The lowest BCUT2D eigenvalue weighted by Crippen LogP contribution is -2.40. The summed E-state index contributed by atoms with van der Waals surface area (Å²) < 4.78 is 24.3. The summed E-state index contributed by atoms with van der Waals surface area (Å²) in [4.78, 5) is 19.5. The molecule has 0 bridgehead atoms. The van der Waals surface area contributed by atoms with Crippen molar-refractivity contribution < 1.29 is 18.4 Å². The smallest absolute Gasteiger partial charge is 0.241 e. The van der Waals surface area contributed by atoms with Crippen molar-refractivity contribution in [3.8, 4) is 22.9 Å². The predicted octanol–water partition coefficient (Wildman–Crippen LogP) is 5.52. The number of halogens is 1. The summed E-state index contributed by atoms with van der Waals surface area (Å²) >= 11 is 0. The van der Waals surface area contributed by atoms with Crippen LogP contribution in [-0.2, 0) is 11.3 Å². The number of benzene rings is 3.